The Kier molecular flexibility index (Phi) is 4.04. The Morgan fingerprint density at radius 2 is 2.25 bits per heavy atom. The van der Waals surface area contributed by atoms with Gasteiger partial charge in [0, 0.05) is 4.47 Å². The van der Waals surface area contributed by atoms with Gasteiger partial charge < -0.3 is 0 Å². The Morgan fingerprint density at radius 1 is 1.44 bits per heavy atom. The van der Waals surface area contributed by atoms with Crippen molar-refractivity contribution in [3.63, 3.8) is 0 Å². The minimum absolute atomic E-state index is 0.127. The van der Waals surface area contributed by atoms with Gasteiger partial charge in [0.05, 0.1) is 5.38 Å². The SMILES string of the molecule is Fc1cc(Br)ccc1CC1=CC(Cl)CCC1. The van der Waals surface area contributed by atoms with Crippen molar-refractivity contribution < 1.29 is 4.39 Å². The average molecular weight is 304 g/mol. The smallest absolute Gasteiger partial charge is 0.127 e. The summed E-state index contributed by atoms with van der Waals surface area (Å²) in [5.41, 5.74) is 2.01. The predicted octanol–water partition coefficient (Wildman–Crippen LogP) is 4.85. The number of allylic oxidation sites excluding steroid dienone is 2. The fourth-order valence-electron chi connectivity index (χ4n) is 2.00. The molecule has 0 N–H and O–H groups in total. The van der Waals surface area contributed by atoms with Crippen LogP contribution < -0.4 is 0 Å². The molecule has 0 amide bonds. The molecule has 0 aromatic heterocycles. The standard InChI is InChI=1S/C13H13BrClF/c14-11-5-4-10(13(16)8-11)6-9-2-1-3-12(15)7-9/h4-5,7-8,12H,1-3,6H2. The fourth-order valence-corrected chi connectivity index (χ4v) is 2.67. The number of hydrogen-bond donors (Lipinski definition) is 0. The molecule has 0 bridgehead atoms. The van der Waals surface area contributed by atoms with Crippen LogP contribution in [-0.4, -0.2) is 5.38 Å². The van der Waals surface area contributed by atoms with Crippen LogP contribution in [-0.2, 0) is 6.42 Å². The minimum atomic E-state index is -0.146. The quantitative estimate of drug-likeness (QED) is 0.541. The van der Waals surface area contributed by atoms with E-state index in [1.54, 1.807) is 0 Å². The first-order valence-electron chi connectivity index (χ1n) is 5.43. The summed E-state index contributed by atoms with van der Waals surface area (Å²) in [6.07, 6.45) is 5.94. The molecular formula is C13H13BrClF. The van der Waals surface area contributed by atoms with Crippen molar-refractivity contribution in [2.45, 2.75) is 31.1 Å². The Bertz CT molecular complexity index is 414. The number of rotatable bonds is 2. The molecule has 1 aliphatic carbocycles. The summed E-state index contributed by atoms with van der Waals surface area (Å²) < 4.78 is 14.4. The molecule has 0 saturated heterocycles. The van der Waals surface area contributed by atoms with Crippen LogP contribution in [0.15, 0.2) is 34.3 Å². The number of alkyl halides is 1. The lowest BCUT2D eigenvalue weighted by Gasteiger charge is -2.16. The van der Waals surface area contributed by atoms with E-state index in [4.69, 9.17) is 11.6 Å². The maximum absolute atomic E-state index is 13.6. The van der Waals surface area contributed by atoms with E-state index in [0.29, 0.717) is 6.42 Å². The summed E-state index contributed by atoms with van der Waals surface area (Å²) >= 11 is 9.32. The zero-order chi connectivity index (χ0) is 11.5. The maximum Gasteiger partial charge on any atom is 0.127 e. The first kappa shape index (κ1) is 12.1. The van der Waals surface area contributed by atoms with Gasteiger partial charge in [0.2, 0.25) is 0 Å². The van der Waals surface area contributed by atoms with E-state index in [1.807, 2.05) is 12.1 Å². The third kappa shape index (κ3) is 3.08. The van der Waals surface area contributed by atoms with E-state index >= 15 is 0 Å². The molecular weight excluding hydrogens is 290 g/mol. The van der Waals surface area contributed by atoms with Crippen LogP contribution in [0.1, 0.15) is 24.8 Å². The van der Waals surface area contributed by atoms with E-state index in [0.717, 1.165) is 29.3 Å². The topological polar surface area (TPSA) is 0 Å². The molecule has 1 atom stereocenters. The van der Waals surface area contributed by atoms with Gasteiger partial charge in [0.1, 0.15) is 5.82 Å². The largest absolute Gasteiger partial charge is 0.207 e. The molecule has 0 aliphatic heterocycles. The highest BCUT2D eigenvalue weighted by Crippen LogP contribution is 2.26. The summed E-state index contributed by atoms with van der Waals surface area (Å²) in [5, 5.41) is 0.127. The van der Waals surface area contributed by atoms with Gasteiger partial charge in [-0.3, -0.25) is 0 Å². The first-order valence-corrected chi connectivity index (χ1v) is 6.65. The molecule has 0 radical (unpaired) electrons. The lowest BCUT2D eigenvalue weighted by molar-refractivity contribution is 0.607. The van der Waals surface area contributed by atoms with Crippen molar-refractivity contribution >= 4 is 27.5 Å². The van der Waals surface area contributed by atoms with Crippen molar-refractivity contribution in [1.29, 1.82) is 0 Å². The molecule has 1 unspecified atom stereocenters. The highest BCUT2D eigenvalue weighted by Gasteiger charge is 2.13. The summed E-state index contributed by atoms with van der Waals surface area (Å²) in [6.45, 7) is 0. The molecule has 0 fully saturated rings. The molecule has 86 valence electrons. The number of halogens is 3. The molecule has 0 spiro atoms. The normalized spacial score (nSPS) is 20.7. The van der Waals surface area contributed by atoms with E-state index < -0.39 is 0 Å². The van der Waals surface area contributed by atoms with Gasteiger partial charge in [-0.2, -0.15) is 0 Å². The van der Waals surface area contributed by atoms with E-state index in [2.05, 4.69) is 22.0 Å². The van der Waals surface area contributed by atoms with Crippen LogP contribution in [0.4, 0.5) is 4.39 Å². The van der Waals surface area contributed by atoms with Crippen molar-refractivity contribution in [3.8, 4) is 0 Å². The maximum atomic E-state index is 13.6. The van der Waals surface area contributed by atoms with Crippen molar-refractivity contribution in [2.24, 2.45) is 0 Å². The zero-order valence-corrected chi connectivity index (χ0v) is 11.2. The van der Waals surface area contributed by atoms with Crippen LogP contribution in [0.3, 0.4) is 0 Å². The second-order valence-corrected chi connectivity index (χ2v) is 5.62. The fraction of sp³-hybridized carbons (Fsp3) is 0.385. The second kappa shape index (κ2) is 5.33. The highest BCUT2D eigenvalue weighted by molar-refractivity contribution is 9.10. The van der Waals surface area contributed by atoms with Crippen LogP contribution in [0.2, 0.25) is 0 Å². The Hall–Kier alpha value is -0.340. The molecule has 2 rings (SSSR count). The minimum Gasteiger partial charge on any atom is -0.207 e. The third-order valence-electron chi connectivity index (χ3n) is 2.83. The van der Waals surface area contributed by atoms with Gasteiger partial charge in [0.25, 0.3) is 0 Å². The Labute approximate surface area is 109 Å². The summed E-state index contributed by atoms with van der Waals surface area (Å²) in [5.74, 6) is -0.146. The van der Waals surface area contributed by atoms with Crippen LogP contribution >= 0.6 is 27.5 Å². The van der Waals surface area contributed by atoms with Gasteiger partial charge in [-0.15, -0.1) is 11.6 Å². The molecule has 0 nitrogen and oxygen atoms in total. The van der Waals surface area contributed by atoms with Crippen LogP contribution in [0, 0.1) is 5.82 Å². The summed E-state index contributed by atoms with van der Waals surface area (Å²) in [7, 11) is 0. The number of benzene rings is 1. The monoisotopic (exact) mass is 302 g/mol. The Balaban J connectivity index is 2.14. The first-order chi connectivity index (χ1) is 7.65. The van der Waals surface area contributed by atoms with E-state index in [1.165, 1.54) is 11.6 Å². The van der Waals surface area contributed by atoms with E-state index in [-0.39, 0.29) is 11.2 Å². The van der Waals surface area contributed by atoms with Crippen LogP contribution in [0.5, 0.6) is 0 Å². The van der Waals surface area contributed by atoms with Gasteiger partial charge in [-0.05, 0) is 43.4 Å². The Morgan fingerprint density at radius 3 is 2.94 bits per heavy atom. The lowest BCUT2D eigenvalue weighted by Crippen LogP contribution is -2.05. The molecule has 1 aromatic rings. The van der Waals surface area contributed by atoms with Gasteiger partial charge in [-0.1, -0.05) is 33.6 Å². The molecule has 16 heavy (non-hydrogen) atoms. The van der Waals surface area contributed by atoms with Gasteiger partial charge in [-0.25, -0.2) is 4.39 Å². The summed E-state index contributed by atoms with van der Waals surface area (Å²) in [4.78, 5) is 0. The summed E-state index contributed by atoms with van der Waals surface area (Å²) in [6, 6.07) is 5.22. The van der Waals surface area contributed by atoms with Crippen molar-refractivity contribution in [3.05, 3.63) is 45.7 Å². The van der Waals surface area contributed by atoms with Gasteiger partial charge in [0.15, 0.2) is 0 Å². The molecule has 3 heteroatoms. The van der Waals surface area contributed by atoms with E-state index in [9.17, 15) is 4.39 Å². The van der Waals surface area contributed by atoms with Gasteiger partial charge >= 0.3 is 0 Å². The predicted molar refractivity (Wildman–Crippen MR) is 69.4 cm³/mol. The zero-order valence-electron chi connectivity index (χ0n) is 8.85. The van der Waals surface area contributed by atoms with Crippen molar-refractivity contribution in [2.75, 3.05) is 0 Å². The lowest BCUT2D eigenvalue weighted by atomic mass is 9.94. The molecule has 1 aliphatic rings. The van der Waals surface area contributed by atoms with Crippen LogP contribution in [0.25, 0.3) is 0 Å². The molecule has 1 aromatic carbocycles. The highest BCUT2D eigenvalue weighted by atomic mass is 79.9. The average Bonchev–Trinajstić information content (AvgIpc) is 2.22. The number of hydrogen-bond acceptors (Lipinski definition) is 0. The van der Waals surface area contributed by atoms with Crippen molar-refractivity contribution in [1.82, 2.24) is 0 Å². The molecule has 0 saturated carbocycles. The third-order valence-corrected chi connectivity index (χ3v) is 3.66. The molecule has 0 heterocycles. The second-order valence-electron chi connectivity index (χ2n) is 4.15.